The first-order valence-corrected chi connectivity index (χ1v) is 6.16. The van der Waals surface area contributed by atoms with Gasteiger partial charge < -0.3 is 10.5 Å². The summed E-state index contributed by atoms with van der Waals surface area (Å²) in [6, 6.07) is 0.731. The van der Waals surface area contributed by atoms with E-state index in [0.29, 0.717) is 4.99 Å². The number of ether oxygens (including phenoxy) is 1. The Balaban J connectivity index is 2.33. The van der Waals surface area contributed by atoms with Crippen molar-refractivity contribution in [3.05, 3.63) is 0 Å². The van der Waals surface area contributed by atoms with Gasteiger partial charge in [-0.1, -0.05) is 25.1 Å². The van der Waals surface area contributed by atoms with Gasteiger partial charge in [0.1, 0.15) is 0 Å². The van der Waals surface area contributed by atoms with E-state index in [1.807, 2.05) is 0 Å². The number of hydrogen-bond donors (Lipinski definition) is 1. The van der Waals surface area contributed by atoms with E-state index in [0.717, 1.165) is 32.2 Å². The van der Waals surface area contributed by atoms with Gasteiger partial charge in [0.15, 0.2) is 0 Å². The average Bonchev–Trinajstić information content (AvgIpc) is 2.71. The van der Waals surface area contributed by atoms with Crippen molar-refractivity contribution >= 4 is 17.2 Å². The molecule has 88 valence electrons. The number of methoxy groups -OCH3 is 1. The van der Waals surface area contributed by atoms with Crippen molar-refractivity contribution in [1.29, 1.82) is 0 Å². The molecule has 0 aromatic rings. The van der Waals surface area contributed by atoms with Crippen molar-refractivity contribution in [2.24, 2.45) is 5.73 Å². The molecule has 0 saturated heterocycles. The van der Waals surface area contributed by atoms with Crippen molar-refractivity contribution in [3.63, 3.8) is 0 Å². The standard InChI is InChI=1S/C11H22N2OS/c1-14-9-8-13(7-6-11(12)15)10-4-2-3-5-10/h10H,2-9H2,1H3,(H2,12,15). The lowest BCUT2D eigenvalue weighted by Gasteiger charge is -2.28. The Hall–Kier alpha value is -0.190. The fourth-order valence-electron chi connectivity index (χ4n) is 2.21. The first-order valence-electron chi connectivity index (χ1n) is 5.75. The molecule has 2 N–H and O–H groups in total. The lowest BCUT2D eigenvalue weighted by molar-refractivity contribution is 0.123. The van der Waals surface area contributed by atoms with Gasteiger partial charge in [-0.2, -0.15) is 0 Å². The third-order valence-corrected chi connectivity index (χ3v) is 3.27. The van der Waals surface area contributed by atoms with E-state index in [2.05, 4.69) is 4.90 Å². The third-order valence-electron chi connectivity index (χ3n) is 3.07. The highest BCUT2D eigenvalue weighted by atomic mass is 32.1. The molecule has 1 aliphatic rings. The van der Waals surface area contributed by atoms with Crippen LogP contribution in [-0.4, -0.2) is 42.7 Å². The maximum atomic E-state index is 5.54. The summed E-state index contributed by atoms with van der Waals surface area (Å²) in [7, 11) is 1.75. The van der Waals surface area contributed by atoms with Crippen LogP contribution in [0.15, 0.2) is 0 Å². The number of nitrogens with zero attached hydrogens (tertiary/aromatic N) is 1. The van der Waals surface area contributed by atoms with Crippen molar-refractivity contribution in [2.45, 2.75) is 38.1 Å². The number of thiocarbonyl (C=S) groups is 1. The fourth-order valence-corrected chi connectivity index (χ4v) is 2.30. The molecule has 0 heterocycles. The molecule has 1 rings (SSSR count). The predicted octanol–water partition coefficient (Wildman–Crippen LogP) is 1.55. The van der Waals surface area contributed by atoms with Gasteiger partial charge in [-0.3, -0.25) is 4.90 Å². The minimum Gasteiger partial charge on any atom is -0.393 e. The Morgan fingerprint density at radius 3 is 2.60 bits per heavy atom. The van der Waals surface area contributed by atoms with Crippen LogP contribution in [0.4, 0.5) is 0 Å². The zero-order chi connectivity index (χ0) is 11.1. The highest BCUT2D eigenvalue weighted by Crippen LogP contribution is 2.23. The second-order valence-electron chi connectivity index (χ2n) is 4.18. The monoisotopic (exact) mass is 230 g/mol. The van der Waals surface area contributed by atoms with E-state index in [4.69, 9.17) is 22.7 Å². The average molecular weight is 230 g/mol. The Kier molecular flexibility index (Phi) is 6.13. The lowest BCUT2D eigenvalue weighted by atomic mass is 10.2. The summed E-state index contributed by atoms with van der Waals surface area (Å²) in [6.07, 6.45) is 6.19. The van der Waals surface area contributed by atoms with Gasteiger partial charge in [0.2, 0.25) is 0 Å². The first-order chi connectivity index (χ1) is 7.24. The van der Waals surface area contributed by atoms with Gasteiger partial charge >= 0.3 is 0 Å². The Bertz CT molecular complexity index is 193. The van der Waals surface area contributed by atoms with Crippen molar-refractivity contribution < 1.29 is 4.74 Å². The summed E-state index contributed by atoms with van der Waals surface area (Å²) in [4.78, 5) is 3.10. The smallest absolute Gasteiger partial charge is 0.0740 e. The molecule has 0 spiro atoms. The first kappa shape index (κ1) is 12.9. The van der Waals surface area contributed by atoms with Crippen LogP contribution in [0.25, 0.3) is 0 Å². The van der Waals surface area contributed by atoms with Gasteiger partial charge in [0, 0.05) is 32.7 Å². The SMILES string of the molecule is COCCN(CCC(N)=S)C1CCCC1. The van der Waals surface area contributed by atoms with Crippen LogP contribution < -0.4 is 5.73 Å². The summed E-state index contributed by atoms with van der Waals surface area (Å²) in [5.74, 6) is 0. The van der Waals surface area contributed by atoms with E-state index in [1.54, 1.807) is 7.11 Å². The van der Waals surface area contributed by atoms with Crippen molar-refractivity contribution in [2.75, 3.05) is 26.8 Å². The molecule has 0 aromatic heterocycles. The minimum absolute atomic E-state index is 0.621. The number of rotatable bonds is 7. The number of hydrogen-bond acceptors (Lipinski definition) is 3. The molecule has 0 aromatic carbocycles. The van der Waals surface area contributed by atoms with E-state index < -0.39 is 0 Å². The van der Waals surface area contributed by atoms with Crippen molar-refractivity contribution in [1.82, 2.24) is 4.90 Å². The molecule has 0 atom stereocenters. The molecule has 1 fully saturated rings. The van der Waals surface area contributed by atoms with Gasteiger partial charge in [-0.25, -0.2) is 0 Å². The Morgan fingerprint density at radius 1 is 1.40 bits per heavy atom. The zero-order valence-corrected chi connectivity index (χ0v) is 10.4. The quantitative estimate of drug-likeness (QED) is 0.674. The van der Waals surface area contributed by atoms with Crippen LogP contribution in [0, 0.1) is 0 Å². The maximum Gasteiger partial charge on any atom is 0.0740 e. The second kappa shape index (κ2) is 7.14. The Labute approximate surface area is 98.0 Å². The third kappa shape index (κ3) is 4.91. The minimum atomic E-state index is 0.621. The highest BCUT2D eigenvalue weighted by molar-refractivity contribution is 7.80. The molecule has 1 aliphatic carbocycles. The topological polar surface area (TPSA) is 38.5 Å². The molecule has 0 bridgehead atoms. The van der Waals surface area contributed by atoms with Crippen molar-refractivity contribution in [3.8, 4) is 0 Å². The molecule has 0 unspecified atom stereocenters. The molecule has 0 aliphatic heterocycles. The van der Waals surface area contributed by atoms with Gasteiger partial charge in [-0.05, 0) is 12.8 Å². The normalized spacial score (nSPS) is 17.5. The van der Waals surface area contributed by atoms with Crippen LogP contribution in [0.5, 0.6) is 0 Å². The molecule has 15 heavy (non-hydrogen) atoms. The molecule has 0 amide bonds. The van der Waals surface area contributed by atoms with Gasteiger partial charge in [0.05, 0.1) is 11.6 Å². The number of nitrogens with two attached hydrogens (primary N) is 1. The summed E-state index contributed by atoms with van der Waals surface area (Å²) in [5, 5.41) is 0. The van der Waals surface area contributed by atoms with E-state index in [1.165, 1.54) is 25.7 Å². The lowest BCUT2D eigenvalue weighted by Crippen LogP contribution is -2.38. The molecule has 0 radical (unpaired) electrons. The molecular weight excluding hydrogens is 208 g/mol. The zero-order valence-electron chi connectivity index (χ0n) is 9.58. The van der Waals surface area contributed by atoms with E-state index in [-0.39, 0.29) is 0 Å². The summed E-state index contributed by atoms with van der Waals surface area (Å²) < 4.78 is 5.13. The van der Waals surface area contributed by atoms with Crippen LogP contribution in [0.2, 0.25) is 0 Å². The molecule has 1 saturated carbocycles. The van der Waals surface area contributed by atoms with E-state index >= 15 is 0 Å². The molecule has 3 nitrogen and oxygen atoms in total. The van der Waals surface area contributed by atoms with Crippen LogP contribution in [0.3, 0.4) is 0 Å². The van der Waals surface area contributed by atoms with Crippen LogP contribution >= 0.6 is 12.2 Å². The van der Waals surface area contributed by atoms with Gasteiger partial charge in [0.25, 0.3) is 0 Å². The van der Waals surface area contributed by atoms with Crippen LogP contribution in [0.1, 0.15) is 32.1 Å². The van der Waals surface area contributed by atoms with Crippen LogP contribution in [-0.2, 0) is 4.74 Å². The van der Waals surface area contributed by atoms with E-state index in [9.17, 15) is 0 Å². The molecule has 4 heteroatoms. The second-order valence-corrected chi connectivity index (χ2v) is 4.71. The summed E-state index contributed by atoms with van der Waals surface area (Å²) in [5.41, 5.74) is 5.54. The predicted molar refractivity (Wildman–Crippen MR) is 67.1 cm³/mol. The summed E-state index contributed by atoms with van der Waals surface area (Å²) in [6.45, 7) is 2.79. The maximum absolute atomic E-state index is 5.54. The fraction of sp³-hybridized carbons (Fsp3) is 0.909. The largest absolute Gasteiger partial charge is 0.393 e. The Morgan fingerprint density at radius 2 is 2.07 bits per heavy atom. The summed E-state index contributed by atoms with van der Waals surface area (Å²) >= 11 is 4.92. The van der Waals surface area contributed by atoms with Gasteiger partial charge in [-0.15, -0.1) is 0 Å². The molecular formula is C11H22N2OS. The highest BCUT2D eigenvalue weighted by Gasteiger charge is 2.21.